The maximum Gasteiger partial charge on any atom is 1.00 e. The summed E-state index contributed by atoms with van der Waals surface area (Å²) >= 11 is 0. The van der Waals surface area contributed by atoms with Crippen LogP contribution in [0.4, 0.5) is 10.5 Å². The molecule has 0 saturated heterocycles. The van der Waals surface area contributed by atoms with Crippen molar-refractivity contribution >= 4 is 17.6 Å². The summed E-state index contributed by atoms with van der Waals surface area (Å²) in [6.45, 7) is 9.98. The average Bonchev–Trinajstić information content (AvgIpc) is 2.65. The second-order valence-electron chi connectivity index (χ2n) is 6.22. The molecule has 3 amide bonds. The molecule has 1 atom stereocenters. The third-order valence-electron chi connectivity index (χ3n) is 4.03. The molecule has 2 aromatic rings. The summed E-state index contributed by atoms with van der Waals surface area (Å²) in [5.74, 6) is 0.508. The summed E-state index contributed by atoms with van der Waals surface area (Å²) in [4.78, 5) is 25.1. The first-order valence-electron chi connectivity index (χ1n) is 8.61. The zero-order valence-corrected chi connectivity index (χ0v) is 17.7. The Labute approximate surface area is 186 Å². The SMILES string of the molecule is [CH2-]C(=O)N(Cc1ccc(NC(=O)NCc2ccc(OC)cc2)cc1)[C@H]([CH2-])C.[CH3-].[Li+]. The normalized spacial score (nSPS) is 10.6. The number of carbonyl (C=O) groups is 2. The summed E-state index contributed by atoms with van der Waals surface area (Å²) in [7, 11) is 1.61. The molecule has 6 nitrogen and oxygen atoms in total. The second-order valence-corrected chi connectivity index (χ2v) is 6.22. The van der Waals surface area contributed by atoms with Gasteiger partial charge in [-0.05, 0) is 35.4 Å². The van der Waals surface area contributed by atoms with E-state index in [-0.39, 0.29) is 44.3 Å². The summed E-state index contributed by atoms with van der Waals surface area (Å²) in [5.41, 5.74) is 2.58. The van der Waals surface area contributed by atoms with Crippen LogP contribution in [0.25, 0.3) is 0 Å². The Bertz CT molecular complexity index is 762. The van der Waals surface area contributed by atoms with Crippen molar-refractivity contribution in [3.8, 4) is 5.75 Å². The minimum Gasteiger partial charge on any atom is -0.497 e. The number of nitrogens with zero attached hydrogens (tertiary/aromatic N) is 1. The van der Waals surface area contributed by atoms with Crippen molar-refractivity contribution < 1.29 is 33.2 Å². The zero-order valence-electron chi connectivity index (χ0n) is 17.7. The molecule has 152 valence electrons. The van der Waals surface area contributed by atoms with E-state index >= 15 is 0 Å². The fraction of sp³-hybridized carbons (Fsp3) is 0.227. The average molecular weight is 389 g/mol. The maximum atomic E-state index is 12.0. The molecule has 0 bridgehead atoms. The van der Waals surface area contributed by atoms with Crippen molar-refractivity contribution in [1.82, 2.24) is 10.2 Å². The molecule has 0 aromatic heterocycles. The molecular weight excluding hydrogens is 361 g/mol. The van der Waals surface area contributed by atoms with Crippen LogP contribution >= 0.6 is 0 Å². The minimum atomic E-state index is -0.292. The van der Waals surface area contributed by atoms with Gasteiger partial charge >= 0.3 is 24.9 Å². The van der Waals surface area contributed by atoms with E-state index in [9.17, 15) is 9.59 Å². The van der Waals surface area contributed by atoms with Gasteiger partial charge in [0.25, 0.3) is 0 Å². The van der Waals surface area contributed by atoms with E-state index in [1.807, 2.05) is 43.3 Å². The third-order valence-corrected chi connectivity index (χ3v) is 4.03. The van der Waals surface area contributed by atoms with Crippen molar-refractivity contribution in [2.45, 2.75) is 26.1 Å². The first kappa shape index (κ1) is 26.4. The molecule has 0 saturated carbocycles. The summed E-state index contributed by atoms with van der Waals surface area (Å²) in [6, 6.07) is 14.3. The standard InChI is InChI=1S/C21H25N3O3.CH3.Li/c1-15(2)24(16(3)25)14-18-5-9-19(10-6-18)23-21(26)22-13-17-7-11-20(27-4)12-8-17;;/h5-12,15H,1,3,13-14H2,2,4H3,(H2,22,23,26);1H3;/q-2;-1;+1/t15-;;/m1../s1. The Morgan fingerprint density at radius 2 is 1.62 bits per heavy atom. The number of ether oxygens (including phenoxy) is 1. The number of rotatable bonds is 7. The first-order valence-corrected chi connectivity index (χ1v) is 8.61. The predicted octanol–water partition coefficient (Wildman–Crippen LogP) is 0.856. The molecule has 0 radical (unpaired) electrons. The van der Waals surface area contributed by atoms with Gasteiger partial charge in [0.2, 0.25) is 0 Å². The number of amides is 3. The smallest absolute Gasteiger partial charge is 0.497 e. The van der Waals surface area contributed by atoms with E-state index in [0.717, 1.165) is 16.9 Å². The molecule has 2 N–H and O–H groups in total. The monoisotopic (exact) mass is 389 g/mol. The van der Waals surface area contributed by atoms with Crippen LogP contribution in [0.5, 0.6) is 5.75 Å². The van der Waals surface area contributed by atoms with Crippen LogP contribution in [0.2, 0.25) is 0 Å². The van der Waals surface area contributed by atoms with Crippen LogP contribution in [-0.2, 0) is 17.9 Å². The van der Waals surface area contributed by atoms with Gasteiger partial charge in [-0.2, -0.15) is 0 Å². The quantitative estimate of drug-likeness (QED) is 0.545. The van der Waals surface area contributed by atoms with Gasteiger partial charge in [0, 0.05) is 18.8 Å². The van der Waals surface area contributed by atoms with Crippen molar-refractivity contribution in [2.24, 2.45) is 0 Å². The largest absolute Gasteiger partial charge is 1.00 e. The van der Waals surface area contributed by atoms with E-state index in [4.69, 9.17) is 4.74 Å². The summed E-state index contributed by atoms with van der Waals surface area (Å²) in [5, 5.41) is 5.58. The Balaban J connectivity index is 0.00000392. The number of carbonyl (C=O) groups excluding carboxylic acids is 2. The van der Waals surface area contributed by atoms with Gasteiger partial charge in [-0.25, -0.2) is 4.79 Å². The van der Waals surface area contributed by atoms with Gasteiger partial charge < -0.3 is 46.3 Å². The van der Waals surface area contributed by atoms with Crippen molar-refractivity contribution in [3.05, 3.63) is 80.9 Å². The van der Waals surface area contributed by atoms with Gasteiger partial charge in [0.1, 0.15) is 5.75 Å². The van der Waals surface area contributed by atoms with Gasteiger partial charge in [-0.15, -0.1) is 0 Å². The molecule has 0 spiro atoms. The number of urea groups is 1. The van der Waals surface area contributed by atoms with Crippen LogP contribution in [0.3, 0.4) is 0 Å². The van der Waals surface area contributed by atoms with E-state index in [0.29, 0.717) is 18.8 Å². The van der Waals surface area contributed by atoms with Crippen LogP contribution in [0.1, 0.15) is 18.1 Å². The maximum absolute atomic E-state index is 12.0. The van der Waals surface area contributed by atoms with Gasteiger partial charge in [-0.3, -0.25) is 0 Å². The predicted molar refractivity (Wildman–Crippen MR) is 112 cm³/mol. The zero-order chi connectivity index (χ0) is 19.8. The molecule has 0 aliphatic rings. The Morgan fingerprint density at radius 3 is 2.10 bits per heavy atom. The van der Waals surface area contributed by atoms with Crippen LogP contribution < -0.4 is 34.2 Å². The van der Waals surface area contributed by atoms with Gasteiger partial charge in [-0.1, -0.05) is 37.2 Å². The molecule has 2 rings (SSSR count). The minimum absolute atomic E-state index is 0. The molecule has 29 heavy (non-hydrogen) atoms. The number of benzene rings is 2. The van der Waals surface area contributed by atoms with Gasteiger partial charge in [0.05, 0.1) is 13.0 Å². The van der Waals surface area contributed by atoms with Crippen molar-refractivity contribution in [3.63, 3.8) is 0 Å². The fourth-order valence-corrected chi connectivity index (χ4v) is 2.48. The summed E-state index contributed by atoms with van der Waals surface area (Å²) in [6.07, 6.45) is 0. The van der Waals surface area contributed by atoms with E-state index in [2.05, 4.69) is 24.5 Å². The first-order chi connectivity index (χ1) is 12.9. The second kappa shape index (κ2) is 12.8. The Kier molecular flexibility index (Phi) is 11.7. The Hall–Kier alpha value is -2.55. The topological polar surface area (TPSA) is 70.7 Å². The Morgan fingerprint density at radius 1 is 1.07 bits per heavy atom. The van der Waals surface area contributed by atoms with Crippen LogP contribution in [0.15, 0.2) is 48.5 Å². The molecule has 0 fully saturated rings. The van der Waals surface area contributed by atoms with Crippen LogP contribution in [-0.4, -0.2) is 30.0 Å². The number of hydrogen-bond acceptors (Lipinski definition) is 3. The van der Waals surface area contributed by atoms with Crippen molar-refractivity contribution in [2.75, 3.05) is 12.4 Å². The molecular formula is C22H28LiN3O3-2. The number of methoxy groups -OCH3 is 1. The molecule has 0 aliphatic carbocycles. The summed E-state index contributed by atoms with van der Waals surface area (Å²) < 4.78 is 5.11. The van der Waals surface area contributed by atoms with E-state index in [1.165, 1.54) is 0 Å². The third kappa shape index (κ3) is 8.55. The van der Waals surface area contributed by atoms with E-state index in [1.54, 1.807) is 24.1 Å². The fourth-order valence-electron chi connectivity index (χ4n) is 2.48. The number of hydrogen-bond donors (Lipinski definition) is 2. The molecule has 0 unspecified atom stereocenters. The van der Waals surface area contributed by atoms with Crippen molar-refractivity contribution in [1.29, 1.82) is 0 Å². The number of nitrogens with one attached hydrogen (secondary N) is 2. The molecule has 0 aliphatic heterocycles. The van der Waals surface area contributed by atoms with Gasteiger partial charge in [0.15, 0.2) is 0 Å². The van der Waals surface area contributed by atoms with Crippen LogP contribution in [0, 0.1) is 21.3 Å². The molecule has 2 aromatic carbocycles. The number of anilines is 1. The molecule has 0 heterocycles. The molecule has 7 heteroatoms. The van der Waals surface area contributed by atoms with E-state index < -0.39 is 0 Å².